The summed E-state index contributed by atoms with van der Waals surface area (Å²) in [4.78, 5) is 6.73. The third kappa shape index (κ3) is 5.47. The Morgan fingerprint density at radius 3 is 2.57 bits per heavy atom. The largest absolute Gasteiger partial charge is 0.493 e. The van der Waals surface area contributed by atoms with Crippen LogP contribution in [0.3, 0.4) is 0 Å². The quantitative estimate of drug-likeness (QED) is 0.537. The number of benzene rings is 2. The van der Waals surface area contributed by atoms with Crippen molar-refractivity contribution in [2.24, 2.45) is 0 Å². The molecule has 3 rings (SSSR count). The summed E-state index contributed by atoms with van der Waals surface area (Å²) in [7, 11) is 6.03. The van der Waals surface area contributed by atoms with E-state index in [-0.39, 0.29) is 6.10 Å². The van der Waals surface area contributed by atoms with E-state index in [1.165, 1.54) is 0 Å². The molecule has 0 saturated carbocycles. The molecule has 150 valence electrons. The van der Waals surface area contributed by atoms with Crippen molar-refractivity contribution in [3.05, 3.63) is 42.5 Å². The topological polar surface area (TPSA) is 59.8 Å². The van der Waals surface area contributed by atoms with E-state index in [1.807, 2.05) is 56.4 Å². The predicted octanol–water partition coefficient (Wildman–Crippen LogP) is 3.81. The van der Waals surface area contributed by atoms with E-state index in [2.05, 4.69) is 29.3 Å². The Kier molecular flexibility index (Phi) is 6.90. The molecule has 2 aromatic carbocycles. The van der Waals surface area contributed by atoms with Crippen LogP contribution in [0, 0.1) is 0 Å². The Hall–Kier alpha value is -2.57. The van der Waals surface area contributed by atoms with Crippen LogP contribution in [0.4, 0.5) is 0 Å². The second kappa shape index (κ2) is 9.57. The maximum Gasteiger partial charge on any atom is 0.227 e. The first-order valence-electron chi connectivity index (χ1n) is 9.65. The van der Waals surface area contributed by atoms with Crippen molar-refractivity contribution < 1.29 is 13.9 Å². The second-order valence-electron chi connectivity index (χ2n) is 7.16. The molecule has 0 fully saturated rings. The van der Waals surface area contributed by atoms with Crippen LogP contribution in [0.15, 0.2) is 46.9 Å². The van der Waals surface area contributed by atoms with Crippen molar-refractivity contribution in [3.8, 4) is 23.0 Å². The van der Waals surface area contributed by atoms with Crippen LogP contribution < -0.4 is 14.8 Å². The van der Waals surface area contributed by atoms with Gasteiger partial charge >= 0.3 is 0 Å². The number of oxazole rings is 1. The van der Waals surface area contributed by atoms with Crippen LogP contribution in [-0.2, 0) is 0 Å². The SMILES string of the molecule is CNCC(C)Oc1ccc(-c2nc3ccc(OCCCN(C)C)cc3o2)cc1. The van der Waals surface area contributed by atoms with E-state index in [4.69, 9.17) is 13.9 Å². The van der Waals surface area contributed by atoms with Crippen LogP contribution in [0.25, 0.3) is 22.6 Å². The van der Waals surface area contributed by atoms with Gasteiger partial charge in [0.2, 0.25) is 5.89 Å². The molecule has 1 heterocycles. The first-order valence-corrected chi connectivity index (χ1v) is 9.65. The van der Waals surface area contributed by atoms with Crippen LogP contribution in [0.2, 0.25) is 0 Å². The number of hydrogen-bond donors (Lipinski definition) is 1. The smallest absolute Gasteiger partial charge is 0.227 e. The number of rotatable bonds is 10. The van der Waals surface area contributed by atoms with Gasteiger partial charge in [-0.3, -0.25) is 0 Å². The average Bonchev–Trinajstić information content (AvgIpc) is 3.09. The van der Waals surface area contributed by atoms with E-state index < -0.39 is 0 Å². The highest BCUT2D eigenvalue weighted by molar-refractivity contribution is 5.77. The molecule has 0 amide bonds. The summed E-state index contributed by atoms with van der Waals surface area (Å²) in [6.07, 6.45) is 1.09. The van der Waals surface area contributed by atoms with Crippen molar-refractivity contribution in [3.63, 3.8) is 0 Å². The van der Waals surface area contributed by atoms with Gasteiger partial charge in [0.25, 0.3) is 0 Å². The molecule has 0 bridgehead atoms. The molecule has 6 nitrogen and oxygen atoms in total. The summed E-state index contributed by atoms with van der Waals surface area (Å²) in [5, 5.41) is 3.10. The summed E-state index contributed by atoms with van der Waals surface area (Å²) in [5.41, 5.74) is 2.46. The Labute approximate surface area is 166 Å². The van der Waals surface area contributed by atoms with Crippen LogP contribution >= 0.6 is 0 Å². The van der Waals surface area contributed by atoms with Gasteiger partial charge in [0.1, 0.15) is 23.1 Å². The molecule has 1 aromatic heterocycles. The molecule has 3 aromatic rings. The van der Waals surface area contributed by atoms with Gasteiger partial charge in [-0.15, -0.1) is 0 Å². The maximum absolute atomic E-state index is 5.95. The zero-order valence-electron chi connectivity index (χ0n) is 17.1. The highest BCUT2D eigenvalue weighted by Gasteiger charge is 2.10. The van der Waals surface area contributed by atoms with E-state index >= 15 is 0 Å². The minimum Gasteiger partial charge on any atom is -0.493 e. The van der Waals surface area contributed by atoms with E-state index in [9.17, 15) is 0 Å². The summed E-state index contributed by atoms with van der Waals surface area (Å²) in [5.74, 6) is 2.22. The number of nitrogens with zero attached hydrogens (tertiary/aromatic N) is 2. The molecule has 1 atom stereocenters. The minimum atomic E-state index is 0.108. The zero-order chi connectivity index (χ0) is 19.9. The van der Waals surface area contributed by atoms with Crippen molar-refractivity contribution in [1.82, 2.24) is 15.2 Å². The van der Waals surface area contributed by atoms with Crippen LogP contribution in [0.5, 0.6) is 11.5 Å². The van der Waals surface area contributed by atoms with Crippen LogP contribution in [0.1, 0.15) is 13.3 Å². The Morgan fingerprint density at radius 2 is 1.86 bits per heavy atom. The molecule has 0 saturated heterocycles. The first-order chi connectivity index (χ1) is 13.5. The lowest BCUT2D eigenvalue weighted by Crippen LogP contribution is -2.25. The van der Waals surface area contributed by atoms with Crippen molar-refractivity contribution in [1.29, 1.82) is 0 Å². The lowest BCUT2D eigenvalue weighted by Gasteiger charge is -2.14. The monoisotopic (exact) mass is 383 g/mol. The van der Waals surface area contributed by atoms with Gasteiger partial charge in [0, 0.05) is 24.7 Å². The number of aromatic nitrogens is 1. The summed E-state index contributed by atoms with van der Waals surface area (Å²) in [6.45, 7) is 4.51. The maximum atomic E-state index is 5.95. The van der Waals surface area contributed by atoms with Gasteiger partial charge in [0.15, 0.2) is 5.58 Å². The molecule has 6 heteroatoms. The molecular weight excluding hydrogens is 354 g/mol. The Balaban J connectivity index is 1.66. The fraction of sp³-hybridized carbons (Fsp3) is 0.409. The standard InChI is InChI=1S/C22H29N3O3/c1-16(15-23-2)27-18-8-6-17(7-9-18)22-24-20-11-10-19(14-21(20)28-22)26-13-5-12-25(3)4/h6-11,14,16,23H,5,12-13,15H2,1-4H3. The summed E-state index contributed by atoms with van der Waals surface area (Å²) < 4.78 is 17.6. The molecule has 0 aliphatic rings. The lowest BCUT2D eigenvalue weighted by molar-refractivity contribution is 0.220. The van der Waals surface area contributed by atoms with E-state index in [1.54, 1.807) is 0 Å². The highest BCUT2D eigenvalue weighted by Crippen LogP contribution is 2.28. The molecule has 1 unspecified atom stereocenters. The van der Waals surface area contributed by atoms with Gasteiger partial charge in [-0.2, -0.15) is 0 Å². The normalized spacial score (nSPS) is 12.5. The third-order valence-electron chi connectivity index (χ3n) is 4.31. The van der Waals surface area contributed by atoms with Crippen LogP contribution in [-0.4, -0.2) is 56.8 Å². The van der Waals surface area contributed by atoms with Crippen molar-refractivity contribution >= 4 is 11.1 Å². The predicted molar refractivity (Wildman–Crippen MR) is 112 cm³/mol. The molecular formula is C22H29N3O3. The molecule has 0 spiro atoms. The number of fused-ring (bicyclic) bond motifs is 1. The molecule has 28 heavy (non-hydrogen) atoms. The highest BCUT2D eigenvalue weighted by atomic mass is 16.5. The Morgan fingerprint density at radius 1 is 1.11 bits per heavy atom. The molecule has 0 aliphatic carbocycles. The van der Waals surface area contributed by atoms with Gasteiger partial charge in [-0.05, 0) is 70.9 Å². The molecule has 1 N–H and O–H groups in total. The number of nitrogens with one attached hydrogen (secondary N) is 1. The third-order valence-corrected chi connectivity index (χ3v) is 4.31. The summed E-state index contributed by atoms with van der Waals surface area (Å²) >= 11 is 0. The average molecular weight is 383 g/mol. The molecule has 0 aliphatic heterocycles. The van der Waals surface area contributed by atoms with Crippen molar-refractivity contribution in [2.45, 2.75) is 19.4 Å². The fourth-order valence-electron chi connectivity index (χ4n) is 2.93. The van der Waals surface area contributed by atoms with E-state index in [0.29, 0.717) is 12.5 Å². The number of ether oxygens (including phenoxy) is 2. The first kappa shape index (κ1) is 20.2. The van der Waals surface area contributed by atoms with Gasteiger partial charge in [-0.25, -0.2) is 4.98 Å². The van der Waals surface area contributed by atoms with Gasteiger partial charge in [0.05, 0.1) is 6.61 Å². The number of likely N-dealkylation sites (N-methyl/N-ethyl adjacent to an activating group) is 1. The van der Waals surface area contributed by atoms with E-state index in [0.717, 1.165) is 47.7 Å². The van der Waals surface area contributed by atoms with Gasteiger partial charge in [-0.1, -0.05) is 0 Å². The zero-order valence-corrected chi connectivity index (χ0v) is 17.1. The Bertz CT molecular complexity index is 874. The van der Waals surface area contributed by atoms with Gasteiger partial charge < -0.3 is 24.1 Å². The second-order valence-corrected chi connectivity index (χ2v) is 7.16. The summed E-state index contributed by atoms with van der Waals surface area (Å²) in [6, 6.07) is 13.6. The lowest BCUT2D eigenvalue weighted by atomic mass is 10.2. The number of hydrogen-bond acceptors (Lipinski definition) is 6. The minimum absolute atomic E-state index is 0.108. The molecule has 0 radical (unpaired) electrons. The van der Waals surface area contributed by atoms with Crippen molar-refractivity contribution in [2.75, 3.05) is 40.8 Å². The fourth-order valence-corrected chi connectivity index (χ4v) is 2.93.